The number of benzene rings is 1. The Morgan fingerprint density at radius 2 is 2.06 bits per heavy atom. The van der Waals surface area contributed by atoms with E-state index in [1.165, 1.54) is 17.0 Å². The van der Waals surface area contributed by atoms with Crippen LogP contribution in [0.15, 0.2) is 41.1 Å². The van der Waals surface area contributed by atoms with Gasteiger partial charge in [-0.15, -0.1) is 0 Å². The van der Waals surface area contributed by atoms with Gasteiger partial charge in [-0.3, -0.25) is 14.3 Å². The first-order chi connectivity index (χ1) is 16.7. The van der Waals surface area contributed by atoms with Gasteiger partial charge in [-0.1, -0.05) is 19.0 Å². The fourth-order valence-electron chi connectivity index (χ4n) is 4.33. The molecule has 11 heteroatoms. The van der Waals surface area contributed by atoms with E-state index in [0.717, 1.165) is 6.07 Å². The average Bonchev–Trinajstić information content (AvgIpc) is 3.52. The Balaban J connectivity index is 1.46. The van der Waals surface area contributed by atoms with E-state index >= 15 is 0 Å². The van der Waals surface area contributed by atoms with Crippen LogP contribution in [0.3, 0.4) is 0 Å². The van der Waals surface area contributed by atoms with E-state index in [-0.39, 0.29) is 30.5 Å². The summed E-state index contributed by atoms with van der Waals surface area (Å²) >= 11 is 0. The second kappa shape index (κ2) is 9.87. The minimum Gasteiger partial charge on any atom is -0.391 e. The molecule has 1 fully saturated rings. The molecule has 186 valence electrons. The maximum Gasteiger partial charge on any atom is 0.275 e. The van der Waals surface area contributed by atoms with Gasteiger partial charge >= 0.3 is 0 Å². The molecule has 3 heterocycles. The topological polar surface area (TPSA) is 123 Å². The quantitative estimate of drug-likeness (QED) is 0.493. The Morgan fingerprint density at radius 3 is 2.66 bits per heavy atom. The van der Waals surface area contributed by atoms with Gasteiger partial charge in [0.25, 0.3) is 5.91 Å². The van der Waals surface area contributed by atoms with Crippen LogP contribution in [0, 0.1) is 18.7 Å². The predicted octanol–water partition coefficient (Wildman–Crippen LogP) is 2.33. The molecule has 0 radical (unpaired) electrons. The molecule has 2 aromatic heterocycles. The molecule has 3 aromatic rings. The van der Waals surface area contributed by atoms with Crippen LogP contribution >= 0.6 is 0 Å². The molecule has 3 atom stereocenters. The highest BCUT2D eigenvalue weighted by Crippen LogP contribution is 2.31. The maximum atomic E-state index is 14.6. The van der Waals surface area contributed by atoms with E-state index in [1.807, 2.05) is 13.8 Å². The largest absolute Gasteiger partial charge is 0.391 e. The van der Waals surface area contributed by atoms with Crippen LogP contribution in [0.4, 0.5) is 4.39 Å². The van der Waals surface area contributed by atoms with Gasteiger partial charge in [-0.05, 0) is 31.0 Å². The second-order valence-corrected chi connectivity index (χ2v) is 9.04. The number of aliphatic hydroxyl groups excluding tert-OH is 1. The summed E-state index contributed by atoms with van der Waals surface area (Å²) < 4.78 is 21.5. The van der Waals surface area contributed by atoms with E-state index in [1.54, 1.807) is 37.0 Å². The SMILES string of the molecule is Cc1cc(C(C(=O)N2C[C@H](O)C[C@H]2C(=O)NOc2ccc(-c3ccnn3C)c(F)c2)C(C)C)on1. The summed E-state index contributed by atoms with van der Waals surface area (Å²) in [6.45, 7) is 5.50. The van der Waals surface area contributed by atoms with Crippen molar-refractivity contribution in [3.8, 4) is 17.0 Å². The van der Waals surface area contributed by atoms with Gasteiger partial charge < -0.3 is 19.4 Å². The van der Waals surface area contributed by atoms with Gasteiger partial charge in [-0.25, -0.2) is 4.39 Å². The number of carbonyl (C=O) groups excluding carboxylic acids is 2. The molecule has 1 saturated heterocycles. The number of likely N-dealkylation sites (tertiary alicyclic amines) is 1. The number of rotatable bonds is 7. The van der Waals surface area contributed by atoms with Crippen molar-refractivity contribution in [2.24, 2.45) is 13.0 Å². The average molecular weight is 486 g/mol. The van der Waals surface area contributed by atoms with E-state index in [0.29, 0.717) is 22.7 Å². The third kappa shape index (κ3) is 5.04. The molecule has 0 saturated carbocycles. The van der Waals surface area contributed by atoms with Crippen molar-refractivity contribution in [1.82, 2.24) is 25.3 Å². The third-order valence-electron chi connectivity index (χ3n) is 6.06. The van der Waals surface area contributed by atoms with E-state index < -0.39 is 29.8 Å². The van der Waals surface area contributed by atoms with Gasteiger partial charge in [0.2, 0.25) is 5.91 Å². The van der Waals surface area contributed by atoms with Crippen molar-refractivity contribution in [3.05, 3.63) is 53.8 Å². The zero-order valence-electron chi connectivity index (χ0n) is 19.9. The first kappa shape index (κ1) is 24.4. The maximum absolute atomic E-state index is 14.6. The van der Waals surface area contributed by atoms with Crippen molar-refractivity contribution in [3.63, 3.8) is 0 Å². The zero-order valence-corrected chi connectivity index (χ0v) is 19.9. The fraction of sp³-hybridized carbons (Fsp3) is 0.417. The second-order valence-electron chi connectivity index (χ2n) is 9.04. The van der Waals surface area contributed by atoms with Crippen molar-refractivity contribution in [1.29, 1.82) is 0 Å². The number of aromatic nitrogens is 3. The number of hydrogen-bond acceptors (Lipinski definition) is 7. The molecule has 35 heavy (non-hydrogen) atoms. The van der Waals surface area contributed by atoms with Gasteiger partial charge in [0.05, 0.1) is 17.5 Å². The number of amides is 2. The van der Waals surface area contributed by atoms with Crippen molar-refractivity contribution in [2.45, 2.75) is 45.3 Å². The van der Waals surface area contributed by atoms with E-state index in [4.69, 9.17) is 9.36 Å². The molecular weight excluding hydrogens is 457 g/mol. The first-order valence-electron chi connectivity index (χ1n) is 11.3. The molecule has 1 aliphatic heterocycles. The minimum absolute atomic E-state index is 0.00127. The zero-order chi connectivity index (χ0) is 25.3. The number of halogens is 1. The molecule has 0 spiro atoms. The summed E-state index contributed by atoms with van der Waals surface area (Å²) in [5.74, 6) is -1.82. The highest BCUT2D eigenvalue weighted by Gasteiger charge is 2.43. The number of nitrogens with zero attached hydrogens (tertiary/aromatic N) is 4. The number of aryl methyl sites for hydroxylation is 2. The molecule has 10 nitrogen and oxygen atoms in total. The molecular formula is C24H28FN5O5. The van der Waals surface area contributed by atoms with Gasteiger partial charge in [0.15, 0.2) is 5.75 Å². The Kier molecular flexibility index (Phi) is 6.88. The molecule has 0 bridgehead atoms. The van der Waals surface area contributed by atoms with Crippen LogP contribution in [0.1, 0.15) is 37.6 Å². The Morgan fingerprint density at radius 1 is 1.29 bits per heavy atom. The van der Waals surface area contributed by atoms with Gasteiger partial charge in [0, 0.05) is 43.9 Å². The Bertz CT molecular complexity index is 1220. The van der Waals surface area contributed by atoms with E-state index in [2.05, 4.69) is 15.7 Å². The minimum atomic E-state index is -0.957. The van der Waals surface area contributed by atoms with Crippen LogP contribution < -0.4 is 10.3 Å². The summed E-state index contributed by atoms with van der Waals surface area (Å²) in [7, 11) is 1.70. The number of β-amino-alcohol motifs (C(OH)–C–C–N with tert-alkyl or cyclic N) is 1. The van der Waals surface area contributed by atoms with Crippen molar-refractivity contribution >= 4 is 11.8 Å². The van der Waals surface area contributed by atoms with Gasteiger partial charge in [0.1, 0.15) is 23.5 Å². The standard InChI is InChI=1S/C24H28FN5O5/c1-13(2)22(21-9-14(3)27-35-21)24(33)30-12-15(31)10-20(30)23(32)28-34-16-5-6-17(18(25)11-16)19-7-8-26-29(19)4/h5-9,11,13,15,20,22,31H,10,12H2,1-4H3,(H,28,32)/t15-,20+,22?/m1/s1. The monoisotopic (exact) mass is 485 g/mol. The van der Waals surface area contributed by atoms with Crippen LogP contribution in [0.5, 0.6) is 5.75 Å². The van der Waals surface area contributed by atoms with Crippen LogP contribution in [-0.2, 0) is 16.6 Å². The lowest BCUT2D eigenvalue weighted by Crippen LogP contribution is -2.48. The summed E-state index contributed by atoms with van der Waals surface area (Å²) in [5.41, 5.74) is 3.86. The van der Waals surface area contributed by atoms with Crippen molar-refractivity contribution in [2.75, 3.05) is 6.54 Å². The summed E-state index contributed by atoms with van der Waals surface area (Å²) in [6.07, 6.45) is 0.750. The van der Waals surface area contributed by atoms with Crippen LogP contribution in [0.2, 0.25) is 0 Å². The highest BCUT2D eigenvalue weighted by molar-refractivity contribution is 5.91. The smallest absolute Gasteiger partial charge is 0.275 e. The molecule has 0 aliphatic carbocycles. The van der Waals surface area contributed by atoms with E-state index in [9.17, 15) is 19.1 Å². The molecule has 1 aromatic carbocycles. The number of hydroxylamine groups is 1. The normalized spacial score (nSPS) is 18.7. The molecule has 2 amide bonds. The Hall–Kier alpha value is -3.73. The summed E-state index contributed by atoms with van der Waals surface area (Å²) in [6, 6.07) is 6.60. The lowest BCUT2D eigenvalue weighted by molar-refractivity contribution is -0.143. The molecule has 2 N–H and O–H groups in total. The first-order valence-corrected chi connectivity index (χ1v) is 11.3. The molecule has 1 unspecified atom stereocenters. The highest BCUT2D eigenvalue weighted by atomic mass is 19.1. The fourth-order valence-corrected chi connectivity index (χ4v) is 4.33. The summed E-state index contributed by atoms with van der Waals surface area (Å²) in [5, 5.41) is 18.1. The third-order valence-corrected chi connectivity index (χ3v) is 6.06. The predicted molar refractivity (Wildman–Crippen MR) is 122 cm³/mol. The number of hydrogen-bond donors (Lipinski definition) is 2. The lowest BCUT2D eigenvalue weighted by atomic mass is 9.91. The van der Waals surface area contributed by atoms with Crippen LogP contribution in [0.25, 0.3) is 11.3 Å². The van der Waals surface area contributed by atoms with Gasteiger partial charge in [-0.2, -0.15) is 10.6 Å². The van der Waals surface area contributed by atoms with Crippen LogP contribution in [-0.4, -0.2) is 55.4 Å². The molecule has 1 aliphatic rings. The number of aliphatic hydroxyl groups is 1. The molecule has 4 rings (SSSR count). The lowest BCUT2D eigenvalue weighted by Gasteiger charge is -2.28. The van der Waals surface area contributed by atoms with Crippen molar-refractivity contribution < 1.29 is 28.4 Å². The Labute approximate surface area is 201 Å². The number of carbonyl (C=O) groups is 2. The number of nitrogens with one attached hydrogen (secondary N) is 1. The summed E-state index contributed by atoms with van der Waals surface area (Å²) in [4.78, 5) is 33.0.